The van der Waals surface area contributed by atoms with Gasteiger partial charge < -0.3 is 5.11 Å². The van der Waals surface area contributed by atoms with Crippen LogP contribution < -0.4 is 0 Å². The average Bonchev–Trinajstić information content (AvgIpc) is 2.91. The summed E-state index contributed by atoms with van der Waals surface area (Å²) in [5, 5.41) is 13.3. The normalized spacial score (nSPS) is 21.8. The smallest absolute Gasteiger partial charge is 0.0914 e. The summed E-state index contributed by atoms with van der Waals surface area (Å²) >= 11 is 1.90. The van der Waals surface area contributed by atoms with E-state index in [2.05, 4.69) is 24.3 Å². The minimum absolute atomic E-state index is 0.325. The summed E-state index contributed by atoms with van der Waals surface area (Å²) in [6.07, 6.45) is 2.04. The molecule has 0 radical (unpaired) electrons. The van der Waals surface area contributed by atoms with E-state index in [9.17, 15) is 5.11 Å². The van der Waals surface area contributed by atoms with Crippen molar-refractivity contribution in [3.8, 4) is 0 Å². The first-order chi connectivity index (χ1) is 8.36. The van der Waals surface area contributed by atoms with Crippen LogP contribution in [0.1, 0.15) is 24.5 Å². The molecule has 3 rings (SSSR count). The number of rotatable bonds is 2. The number of thioether (sulfide) groups is 1. The first-order valence-electron chi connectivity index (χ1n) is 6.13. The largest absolute Gasteiger partial charge is 0.387 e. The van der Waals surface area contributed by atoms with Crippen LogP contribution >= 0.6 is 11.8 Å². The molecule has 0 saturated carbocycles. The van der Waals surface area contributed by atoms with Crippen molar-refractivity contribution >= 4 is 22.5 Å². The second-order valence-electron chi connectivity index (χ2n) is 4.56. The Hall–Kier alpha value is -0.990. The molecule has 2 aromatic rings. The minimum atomic E-state index is -0.325. The molecule has 1 aliphatic rings. The number of fused-ring (bicyclic) bond motifs is 1. The topological polar surface area (TPSA) is 20.2 Å². The Morgan fingerprint density at radius 1 is 1.12 bits per heavy atom. The van der Waals surface area contributed by atoms with Crippen LogP contribution in [0.3, 0.4) is 0 Å². The molecule has 1 nitrogen and oxygen atoms in total. The van der Waals surface area contributed by atoms with E-state index in [0.717, 1.165) is 12.0 Å². The van der Waals surface area contributed by atoms with Crippen LogP contribution in [0.25, 0.3) is 10.8 Å². The highest BCUT2D eigenvalue weighted by Gasteiger charge is 2.25. The van der Waals surface area contributed by atoms with Gasteiger partial charge in [-0.25, -0.2) is 0 Å². The zero-order chi connectivity index (χ0) is 11.7. The molecule has 0 bridgehead atoms. The number of hydrogen-bond donors (Lipinski definition) is 1. The highest BCUT2D eigenvalue weighted by atomic mass is 32.2. The van der Waals surface area contributed by atoms with Crippen molar-refractivity contribution in [1.29, 1.82) is 0 Å². The first kappa shape index (κ1) is 11.1. The molecule has 1 N–H and O–H groups in total. The molecule has 0 spiro atoms. The second kappa shape index (κ2) is 4.71. The summed E-state index contributed by atoms with van der Waals surface area (Å²) in [5.41, 5.74) is 1.09. The van der Waals surface area contributed by atoms with Gasteiger partial charge in [0.25, 0.3) is 0 Å². The van der Waals surface area contributed by atoms with E-state index in [1.807, 2.05) is 30.0 Å². The second-order valence-corrected chi connectivity index (χ2v) is 5.91. The molecule has 0 amide bonds. The Balaban J connectivity index is 2.04. The Labute approximate surface area is 106 Å². The van der Waals surface area contributed by atoms with Gasteiger partial charge in [0, 0.05) is 5.25 Å². The summed E-state index contributed by atoms with van der Waals surface area (Å²) in [5.74, 6) is 1.19. The third-order valence-corrected chi connectivity index (χ3v) is 4.91. The van der Waals surface area contributed by atoms with Gasteiger partial charge in [0.2, 0.25) is 0 Å². The summed E-state index contributed by atoms with van der Waals surface area (Å²) in [6.45, 7) is 0. The van der Waals surface area contributed by atoms with Gasteiger partial charge in [-0.05, 0) is 34.9 Å². The Bertz CT molecular complexity index is 512. The fourth-order valence-electron chi connectivity index (χ4n) is 2.56. The summed E-state index contributed by atoms with van der Waals surface area (Å²) in [6, 6.07) is 14.5. The summed E-state index contributed by atoms with van der Waals surface area (Å²) in [4.78, 5) is 0. The molecule has 2 atom stereocenters. The lowest BCUT2D eigenvalue weighted by Gasteiger charge is -2.19. The molecule has 2 aromatic carbocycles. The molecule has 1 saturated heterocycles. The van der Waals surface area contributed by atoms with E-state index in [4.69, 9.17) is 0 Å². The fraction of sp³-hybridized carbons (Fsp3) is 0.333. The van der Waals surface area contributed by atoms with Crippen molar-refractivity contribution < 1.29 is 5.11 Å². The molecule has 88 valence electrons. The number of hydrogen-bond acceptors (Lipinski definition) is 2. The molecule has 1 heterocycles. The summed E-state index contributed by atoms with van der Waals surface area (Å²) in [7, 11) is 0. The van der Waals surface area contributed by atoms with Crippen LogP contribution in [-0.2, 0) is 0 Å². The van der Waals surface area contributed by atoms with Crippen LogP contribution in [0.5, 0.6) is 0 Å². The SMILES string of the molecule is OC(c1cccc2ccccc12)C1CCCS1. The van der Waals surface area contributed by atoms with Gasteiger partial charge in [0.1, 0.15) is 0 Å². The van der Waals surface area contributed by atoms with Crippen LogP contribution in [0, 0.1) is 0 Å². The quantitative estimate of drug-likeness (QED) is 0.867. The standard InChI is InChI=1S/C15H16OS/c16-15(14-9-4-10-17-14)13-8-3-6-11-5-1-2-7-12(11)13/h1-3,5-8,14-16H,4,9-10H2. The van der Waals surface area contributed by atoms with Gasteiger partial charge in [-0.3, -0.25) is 0 Å². The number of aliphatic hydroxyl groups excluding tert-OH is 1. The maximum Gasteiger partial charge on any atom is 0.0914 e. The highest BCUT2D eigenvalue weighted by molar-refractivity contribution is 8.00. The first-order valence-corrected chi connectivity index (χ1v) is 7.18. The molecule has 1 aliphatic heterocycles. The van der Waals surface area contributed by atoms with Crippen LogP contribution in [0.4, 0.5) is 0 Å². The van der Waals surface area contributed by atoms with Crippen molar-refractivity contribution in [2.24, 2.45) is 0 Å². The van der Waals surface area contributed by atoms with Crippen LogP contribution in [-0.4, -0.2) is 16.1 Å². The van der Waals surface area contributed by atoms with Gasteiger partial charge >= 0.3 is 0 Å². The lowest BCUT2D eigenvalue weighted by atomic mass is 9.97. The van der Waals surface area contributed by atoms with E-state index >= 15 is 0 Å². The van der Waals surface area contributed by atoms with E-state index in [-0.39, 0.29) is 6.10 Å². The highest BCUT2D eigenvalue weighted by Crippen LogP contribution is 2.37. The van der Waals surface area contributed by atoms with Crippen molar-refractivity contribution in [1.82, 2.24) is 0 Å². The molecule has 1 fully saturated rings. The molecular formula is C15H16OS. The predicted octanol–water partition coefficient (Wildman–Crippen LogP) is 3.77. The molecule has 2 unspecified atom stereocenters. The van der Waals surface area contributed by atoms with Gasteiger partial charge in [-0.2, -0.15) is 11.8 Å². The van der Waals surface area contributed by atoms with Gasteiger partial charge in [-0.15, -0.1) is 0 Å². The lowest BCUT2D eigenvalue weighted by molar-refractivity contribution is 0.174. The van der Waals surface area contributed by atoms with E-state index < -0.39 is 0 Å². The van der Waals surface area contributed by atoms with Crippen molar-refractivity contribution in [3.63, 3.8) is 0 Å². The zero-order valence-electron chi connectivity index (χ0n) is 9.67. The van der Waals surface area contributed by atoms with Crippen LogP contribution in [0.2, 0.25) is 0 Å². The third-order valence-electron chi connectivity index (χ3n) is 3.46. The zero-order valence-corrected chi connectivity index (χ0v) is 10.5. The van der Waals surface area contributed by atoms with Crippen molar-refractivity contribution in [2.45, 2.75) is 24.2 Å². The van der Waals surface area contributed by atoms with Gasteiger partial charge in [0.05, 0.1) is 6.10 Å². The van der Waals surface area contributed by atoms with Crippen molar-refractivity contribution in [3.05, 3.63) is 48.0 Å². The summed E-state index contributed by atoms with van der Waals surface area (Å²) < 4.78 is 0. The monoisotopic (exact) mass is 244 g/mol. The molecule has 17 heavy (non-hydrogen) atoms. The maximum atomic E-state index is 10.5. The predicted molar refractivity (Wildman–Crippen MR) is 74.4 cm³/mol. The fourth-order valence-corrected chi connectivity index (χ4v) is 3.86. The molecule has 2 heteroatoms. The Morgan fingerprint density at radius 2 is 1.94 bits per heavy atom. The average molecular weight is 244 g/mol. The van der Waals surface area contributed by atoms with E-state index in [1.165, 1.54) is 22.9 Å². The molecular weight excluding hydrogens is 228 g/mol. The third kappa shape index (κ3) is 2.07. The number of benzene rings is 2. The molecule has 0 aromatic heterocycles. The Kier molecular flexibility index (Phi) is 3.08. The lowest BCUT2D eigenvalue weighted by Crippen LogP contribution is -2.12. The van der Waals surface area contributed by atoms with Crippen molar-refractivity contribution in [2.75, 3.05) is 5.75 Å². The number of aliphatic hydroxyl groups is 1. The molecule has 0 aliphatic carbocycles. The maximum absolute atomic E-state index is 10.5. The van der Waals surface area contributed by atoms with Gasteiger partial charge in [0.15, 0.2) is 0 Å². The van der Waals surface area contributed by atoms with E-state index in [0.29, 0.717) is 5.25 Å². The van der Waals surface area contributed by atoms with E-state index in [1.54, 1.807) is 0 Å². The minimum Gasteiger partial charge on any atom is -0.387 e. The van der Waals surface area contributed by atoms with Gasteiger partial charge in [-0.1, -0.05) is 42.5 Å². The van der Waals surface area contributed by atoms with Crippen LogP contribution in [0.15, 0.2) is 42.5 Å². The Morgan fingerprint density at radius 3 is 2.76 bits per heavy atom.